The maximum Gasteiger partial charge on any atom is 0.337 e. The molecule has 0 aromatic heterocycles. The van der Waals surface area contributed by atoms with Crippen molar-refractivity contribution in [2.45, 2.75) is 6.54 Å². The average molecular weight is 459 g/mol. The van der Waals surface area contributed by atoms with Crippen LogP contribution in [0.3, 0.4) is 0 Å². The van der Waals surface area contributed by atoms with Crippen molar-refractivity contribution >= 4 is 50.8 Å². The number of sulfonamides is 1. The number of nitrogens with zero attached hydrogens (tertiary/aromatic N) is 2. The molecule has 10 heteroatoms. The third-order valence-corrected chi connectivity index (χ3v) is 6.54. The van der Waals surface area contributed by atoms with E-state index in [1.165, 1.54) is 50.4 Å². The second-order valence-electron chi connectivity index (χ2n) is 6.30. The zero-order valence-electron chi connectivity index (χ0n) is 16.1. The molecule has 2 rings (SSSR count). The number of esters is 1. The molecule has 2 aromatic carbocycles. The number of ether oxygens (including phenoxy) is 1. The summed E-state index contributed by atoms with van der Waals surface area (Å²) >= 11 is 12.3. The first-order valence-electron chi connectivity index (χ1n) is 8.38. The molecule has 0 unspecified atom stereocenters. The van der Waals surface area contributed by atoms with Crippen molar-refractivity contribution in [3.05, 3.63) is 63.6 Å². The summed E-state index contributed by atoms with van der Waals surface area (Å²) < 4.78 is 31.8. The number of anilines is 1. The molecule has 0 aliphatic carbocycles. The van der Waals surface area contributed by atoms with Gasteiger partial charge in [-0.05, 0) is 35.9 Å². The largest absolute Gasteiger partial charge is 0.465 e. The normalized spacial score (nSPS) is 11.1. The molecule has 0 spiro atoms. The van der Waals surface area contributed by atoms with Gasteiger partial charge in [-0.15, -0.1) is 0 Å². The topological polar surface area (TPSA) is 84.0 Å². The van der Waals surface area contributed by atoms with Crippen molar-refractivity contribution in [1.82, 2.24) is 4.90 Å². The van der Waals surface area contributed by atoms with E-state index in [-0.39, 0.29) is 27.8 Å². The fourth-order valence-corrected chi connectivity index (χ4v) is 4.30. The molecule has 0 radical (unpaired) electrons. The quantitative estimate of drug-likeness (QED) is 0.594. The Morgan fingerprint density at radius 2 is 1.66 bits per heavy atom. The molecule has 0 atom stereocenters. The Bertz CT molecular complexity index is 1010. The van der Waals surface area contributed by atoms with Crippen LogP contribution in [0.15, 0.2) is 42.5 Å². The number of benzene rings is 2. The predicted octanol–water partition coefficient (Wildman–Crippen LogP) is 3.20. The van der Waals surface area contributed by atoms with Crippen molar-refractivity contribution in [2.75, 3.05) is 31.3 Å². The zero-order valence-corrected chi connectivity index (χ0v) is 18.4. The van der Waals surface area contributed by atoms with Gasteiger partial charge in [0.15, 0.2) is 0 Å². The number of rotatable bonds is 7. The van der Waals surface area contributed by atoms with Crippen LogP contribution in [-0.4, -0.2) is 52.2 Å². The lowest BCUT2D eigenvalue weighted by Crippen LogP contribution is -2.39. The highest BCUT2D eigenvalue weighted by atomic mass is 35.5. The first kappa shape index (κ1) is 23.0. The van der Waals surface area contributed by atoms with E-state index in [0.717, 1.165) is 4.31 Å². The molecule has 0 bridgehead atoms. The minimum atomic E-state index is -4.06. The van der Waals surface area contributed by atoms with Crippen molar-refractivity contribution in [3.8, 4) is 0 Å². The Morgan fingerprint density at radius 3 is 2.21 bits per heavy atom. The first-order chi connectivity index (χ1) is 13.6. The van der Waals surface area contributed by atoms with Crippen LogP contribution < -0.4 is 4.31 Å². The summed E-state index contributed by atoms with van der Waals surface area (Å²) in [6.07, 6.45) is 0. The zero-order chi connectivity index (χ0) is 21.8. The third kappa shape index (κ3) is 5.62. The molecule has 0 saturated carbocycles. The number of hydrogen-bond donors (Lipinski definition) is 0. The molecular weight excluding hydrogens is 439 g/mol. The van der Waals surface area contributed by atoms with E-state index in [1.54, 1.807) is 18.2 Å². The maximum atomic E-state index is 13.0. The number of carbonyl (C=O) groups excluding carboxylic acids is 2. The Kier molecular flexibility index (Phi) is 7.51. The van der Waals surface area contributed by atoms with Gasteiger partial charge in [-0.25, -0.2) is 13.2 Å². The van der Waals surface area contributed by atoms with Crippen LogP contribution in [0.2, 0.25) is 10.0 Å². The van der Waals surface area contributed by atoms with Crippen molar-refractivity contribution in [3.63, 3.8) is 0 Å². The SMILES string of the molecule is COC(=O)c1ccc(N(Cc2cccc(Cl)c2Cl)S(=O)(=O)CC(=O)N(C)C)cc1. The van der Waals surface area contributed by atoms with Crippen LogP contribution in [0, 0.1) is 0 Å². The molecule has 0 heterocycles. The molecule has 0 aliphatic heterocycles. The lowest BCUT2D eigenvalue weighted by Gasteiger charge is -2.26. The van der Waals surface area contributed by atoms with Gasteiger partial charge >= 0.3 is 5.97 Å². The van der Waals surface area contributed by atoms with Crippen LogP contribution in [0.4, 0.5) is 5.69 Å². The third-order valence-electron chi connectivity index (χ3n) is 4.06. The highest BCUT2D eigenvalue weighted by Gasteiger charge is 2.28. The fraction of sp³-hybridized carbons (Fsp3) is 0.263. The van der Waals surface area contributed by atoms with Gasteiger partial charge in [0.2, 0.25) is 15.9 Å². The number of halogens is 2. The Morgan fingerprint density at radius 1 is 1.03 bits per heavy atom. The molecule has 7 nitrogen and oxygen atoms in total. The van der Waals surface area contributed by atoms with Gasteiger partial charge in [-0.3, -0.25) is 9.10 Å². The summed E-state index contributed by atoms with van der Waals surface area (Å²) in [5.74, 6) is -1.85. The molecule has 29 heavy (non-hydrogen) atoms. The van der Waals surface area contributed by atoms with Gasteiger partial charge in [0, 0.05) is 14.1 Å². The monoisotopic (exact) mass is 458 g/mol. The Hall–Kier alpha value is -2.29. The van der Waals surface area contributed by atoms with Crippen LogP contribution in [0.25, 0.3) is 0 Å². The number of methoxy groups -OCH3 is 1. The highest BCUT2D eigenvalue weighted by molar-refractivity contribution is 7.93. The van der Waals surface area contributed by atoms with Crippen LogP contribution in [0.5, 0.6) is 0 Å². The van der Waals surface area contributed by atoms with Crippen molar-refractivity contribution in [2.24, 2.45) is 0 Å². The van der Waals surface area contributed by atoms with Gasteiger partial charge in [-0.2, -0.15) is 0 Å². The Labute approximate surface area is 179 Å². The first-order valence-corrected chi connectivity index (χ1v) is 10.7. The van der Waals surface area contributed by atoms with E-state index < -0.39 is 27.7 Å². The van der Waals surface area contributed by atoms with Crippen molar-refractivity contribution < 1.29 is 22.7 Å². The van der Waals surface area contributed by atoms with Gasteiger partial charge < -0.3 is 9.64 Å². The van der Waals surface area contributed by atoms with E-state index in [0.29, 0.717) is 5.56 Å². The van der Waals surface area contributed by atoms with E-state index >= 15 is 0 Å². The molecular formula is C19H20Cl2N2O5S. The van der Waals surface area contributed by atoms with Crippen LogP contribution in [0.1, 0.15) is 15.9 Å². The van der Waals surface area contributed by atoms with Gasteiger partial charge in [0.05, 0.1) is 35.0 Å². The molecule has 0 N–H and O–H groups in total. The average Bonchev–Trinajstić information content (AvgIpc) is 2.68. The Balaban J connectivity index is 2.49. The minimum Gasteiger partial charge on any atom is -0.465 e. The van der Waals surface area contributed by atoms with Gasteiger partial charge in [0.1, 0.15) is 5.75 Å². The molecule has 0 saturated heterocycles. The highest BCUT2D eigenvalue weighted by Crippen LogP contribution is 2.29. The summed E-state index contributed by atoms with van der Waals surface area (Å²) in [6.45, 7) is -0.139. The van der Waals surface area contributed by atoms with Crippen LogP contribution >= 0.6 is 23.2 Å². The summed E-state index contributed by atoms with van der Waals surface area (Å²) in [6, 6.07) is 10.7. The van der Waals surface area contributed by atoms with E-state index in [9.17, 15) is 18.0 Å². The maximum absolute atomic E-state index is 13.0. The van der Waals surface area contributed by atoms with Crippen molar-refractivity contribution in [1.29, 1.82) is 0 Å². The van der Waals surface area contributed by atoms with E-state index in [1.807, 2.05) is 0 Å². The predicted molar refractivity (Wildman–Crippen MR) is 113 cm³/mol. The number of amides is 1. The van der Waals surface area contributed by atoms with Gasteiger partial charge in [0.25, 0.3) is 0 Å². The summed E-state index contributed by atoms with van der Waals surface area (Å²) in [4.78, 5) is 24.9. The lowest BCUT2D eigenvalue weighted by atomic mass is 10.2. The second-order valence-corrected chi connectivity index (χ2v) is 8.98. The summed E-state index contributed by atoms with van der Waals surface area (Å²) in [5.41, 5.74) is 0.996. The minimum absolute atomic E-state index is 0.139. The van der Waals surface area contributed by atoms with Crippen LogP contribution in [-0.2, 0) is 26.1 Å². The smallest absolute Gasteiger partial charge is 0.337 e. The molecule has 2 aromatic rings. The summed E-state index contributed by atoms with van der Waals surface area (Å²) in [7, 11) is 0.136. The molecule has 156 valence electrons. The standard InChI is InChI=1S/C19H20Cl2N2O5S/c1-22(2)17(24)12-29(26,27)23(11-14-5-4-6-16(20)18(14)21)15-9-7-13(8-10-15)19(25)28-3/h4-10H,11-12H2,1-3H3. The number of hydrogen-bond acceptors (Lipinski definition) is 5. The number of carbonyl (C=O) groups is 2. The summed E-state index contributed by atoms with van der Waals surface area (Å²) in [5, 5.41) is 0.506. The van der Waals surface area contributed by atoms with E-state index in [4.69, 9.17) is 23.2 Å². The fourth-order valence-electron chi connectivity index (χ4n) is 2.42. The van der Waals surface area contributed by atoms with Gasteiger partial charge in [-0.1, -0.05) is 35.3 Å². The molecule has 0 fully saturated rings. The molecule has 0 aliphatic rings. The lowest BCUT2D eigenvalue weighted by molar-refractivity contribution is -0.125. The molecule has 1 amide bonds. The second kappa shape index (κ2) is 9.47. The van der Waals surface area contributed by atoms with E-state index in [2.05, 4.69) is 4.74 Å².